The van der Waals surface area contributed by atoms with E-state index in [9.17, 15) is 13.5 Å². The van der Waals surface area contributed by atoms with Gasteiger partial charge in [0, 0.05) is 17.9 Å². The van der Waals surface area contributed by atoms with E-state index in [1.165, 1.54) is 0 Å². The van der Waals surface area contributed by atoms with Crippen molar-refractivity contribution in [2.75, 3.05) is 23.7 Å². The predicted molar refractivity (Wildman–Crippen MR) is 79.9 cm³/mol. The van der Waals surface area contributed by atoms with Crippen molar-refractivity contribution in [3.63, 3.8) is 0 Å². The summed E-state index contributed by atoms with van der Waals surface area (Å²) < 4.78 is 37.4. The predicted octanol–water partition coefficient (Wildman–Crippen LogP) is 1.50. The molecule has 118 valence electrons. The molecule has 0 aromatic heterocycles. The second-order valence-electron chi connectivity index (χ2n) is 4.93. The first kappa shape index (κ1) is 16.1. The summed E-state index contributed by atoms with van der Waals surface area (Å²) in [4.78, 5) is 0. The highest BCUT2D eigenvalue weighted by molar-refractivity contribution is 7.92. The van der Waals surface area contributed by atoms with Gasteiger partial charge in [-0.05, 0) is 38.0 Å². The standard InChI is InChI=1S/C14H21NO5S/c1-2-19-14-6-5-12(8-11(14)9-16)15-21(17,18)10-13-4-3-7-20-13/h5-6,8,13,15-16H,2-4,7,9-10H2,1H3. The molecular formula is C14H21NO5S. The lowest BCUT2D eigenvalue weighted by Gasteiger charge is -2.14. The van der Waals surface area contributed by atoms with Crippen molar-refractivity contribution in [2.24, 2.45) is 0 Å². The van der Waals surface area contributed by atoms with Gasteiger partial charge in [-0.3, -0.25) is 4.72 Å². The van der Waals surface area contributed by atoms with Gasteiger partial charge >= 0.3 is 0 Å². The SMILES string of the molecule is CCOc1ccc(NS(=O)(=O)CC2CCCO2)cc1CO. The largest absolute Gasteiger partial charge is 0.494 e. The van der Waals surface area contributed by atoms with Crippen molar-refractivity contribution in [3.8, 4) is 5.75 Å². The van der Waals surface area contributed by atoms with Crippen molar-refractivity contribution in [1.29, 1.82) is 0 Å². The molecule has 2 N–H and O–H groups in total. The lowest BCUT2D eigenvalue weighted by molar-refractivity contribution is 0.127. The summed E-state index contributed by atoms with van der Waals surface area (Å²) in [5.74, 6) is 0.511. The molecule has 1 atom stereocenters. The number of ether oxygens (including phenoxy) is 2. The van der Waals surface area contributed by atoms with Crippen LogP contribution in [0.15, 0.2) is 18.2 Å². The zero-order valence-corrected chi connectivity index (χ0v) is 12.9. The van der Waals surface area contributed by atoms with Crippen LogP contribution in [0.3, 0.4) is 0 Å². The van der Waals surface area contributed by atoms with Gasteiger partial charge in [0.2, 0.25) is 10.0 Å². The van der Waals surface area contributed by atoms with Gasteiger partial charge in [0.25, 0.3) is 0 Å². The maximum Gasteiger partial charge on any atom is 0.235 e. The topological polar surface area (TPSA) is 84.9 Å². The number of sulfonamides is 1. The fraction of sp³-hybridized carbons (Fsp3) is 0.571. The van der Waals surface area contributed by atoms with Crippen molar-refractivity contribution < 1.29 is 23.0 Å². The number of aliphatic hydroxyl groups is 1. The third-order valence-electron chi connectivity index (χ3n) is 3.23. The normalized spacial score (nSPS) is 18.7. The fourth-order valence-corrected chi connectivity index (χ4v) is 3.63. The van der Waals surface area contributed by atoms with Crippen LogP contribution in [-0.2, 0) is 21.4 Å². The fourth-order valence-electron chi connectivity index (χ4n) is 2.30. The van der Waals surface area contributed by atoms with Crippen LogP contribution in [0.1, 0.15) is 25.3 Å². The Bertz CT molecular complexity index is 567. The van der Waals surface area contributed by atoms with E-state index < -0.39 is 10.0 Å². The summed E-state index contributed by atoms with van der Waals surface area (Å²) in [6, 6.07) is 4.86. The molecule has 0 saturated carbocycles. The quantitative estimate of drug-likeness (QED) is 0.796. The average Bonchev–Trinajstić information content (AvgIpc) is 2.92. The number of anilines is 1. The third-order valence-corrected chi connectivity index (χ3v) is 4.59. The van der Waals surface area contributed by atoms with E-state index in [-0.39, 0.29) is 18.5 Å². The van der Waals surface area contributed by atoms with Crippen LogP contribution in [0.2, 0.25) is 0 Å². The molecule has 1 aliphatic heterocycles. The minimum absolute atomic E-state index is 0.0470. The third kappa shape index (κ3) is 4.59. The summed E-state index contributed by atoms with van der Waals surface area (Å²) in [6.07, 6.45) is 1.44. The Labute approximate surface area is 125 Å². The summed E-state index contributed by atoms with van der Waals surface area (Å²) in [5.41, 5.74) is 0.967. The molecule has 0 aliphatic carbocycles. The van der Waals surface area contributed by atoms with Crippen molar-refractivity contribution in [1.82, 2.24) is 0 Å². The molecule has 1 aromatic carbocycles. The number of hydrogen-bond acceptors (Lipinski definition) is 5. The van der Waals surface area contributed by atoms with Crippen LogP contribution in [-0.4, -0.2) is 38.6 Å². The van der Waals surface area contributed by atoms with Gasteiger partial charge in [-0.2, -0.15) is 0 Å². The minimum atomic E-state index is -3.47. The van der Waals surface area contributed by atoms with Gasteiger partial charge in [0.05, 0.1) is 25.1 Å². The monoisotopic (exact) mass is 315 g/mol. The molecule has 1 aliphatic rings. The number of aliphatic hydroxyl groups excluding tert-OH is 1. The molecule has 1 aromatic rings. The van der Waals surface area contributed by atoms with Gasteiger partial charge in [0.1, 0.15) is 5.75 Å². The van der Waals surface area contributed by atoms with Gasteiger partial charge in [-0.25, -0.2) is 8.42 Å². The van der Waals surface area contributed by atoms with E-state index >= 15 is 0 Å². The molecule has 1 unspecified atom stereocenters. The number of hydrogen-bond donors (Lipinski definition) is 2. The van der Waals surface area contributed by atoms with E-state index in [4.69, 9.17) is 9.47 Å². The van der Waals surface area contributed by atoms with Crippen molar-refractivity contribution >= 4 is 15.7 Å². The van der Waals surface area contributed by atoms with Crippen LogP contribution < -0.4 is 9.46 Å². The Balaban J connectivity index is 2.07. The smallest absolute Gasteiger partial charge is 0.235 e. The first-order chi connectivity index (χ1) is 10.0. The highest BCUT2D eigenvalue weighted by atomic mass is 32.2. The Morgan fingerprint density at radius 1 is 1.48 bits per heavy atom. The molecular weight excluding hydrogens is 294 g/mol. The van der Waals surface area contributed by atoms with Gasteiger partial charge in [-0.1, -0.05) is 0 Å². The Kier molecular flexibility index (Phi) is 5.44. The molecule has 0 radical (unpaired) electrons. The first-order valence-electron chi connectivity index (χ1n) is 7.02. The van der Waals surface area contributed by atoms with Crippen molar-refractivity contribution in [2.45, 2.75) is 32.5 Å². The Morgan fingerprint density at radius 3 is 2.90 bits per heavy atom. The second-order valence-corrected chi connectivity index (χ2v) is 6.70. The molecule has 1 saturated heterocycles. The van der Waals surface area contributed by atoms with E-state index in [2.05, 4.69) is 4.72 Å². The van der Waals surface area contributed by atoms with Gasteiger partial charge < -0.3 is 14.6 Å². The van der Waals surface area contributed by atoms with Crippen LogP contribution >= 0.6 is 0 Å². The van der Waals surface area contributed by atoms with Crippen LogP contribution in [0.5, 0.6) is 5.75 Å². The van der Waals surface area contributed by atoms with E-state index in [1.807, 2.05) is 6.92 Å². The summed E-state index contributed by atoms with van der Waals surface area (Å²) in [5, 5.41) is 9.32. The zero-order chi connectivity index (χ0) is 15.3. The molecule has 1 fully saturated rings. The lowest BCUT2D eigenvalue weighted by Crippen LogP contribution is -2.25. The van der Waals surface area contributed by atoms with E-state index in [0.717, 1.165) is 12.8 Å². The number of nitrogens with one attached hydrogen (secondary N) is 1. The maximum atomic E-state index is 12.1. The molecule has 21 heavy (non-hydrogen) atoms. The van der Waals surface area contributed by atoms with E-state index in [1.54, 1.807) is 18.2 Å². The molecule has 0 bridgehead atoms. The molecule has 1 heterocycles. The Morgan fingerprint density at radius 2 is 2.29 bits per heavy atom. The van der Waals surface area contributed by atoms with Gasteiger partial charge in [0.15, 0.2) is 0 Å². The number of rotatable bonds is 7. The van der Waals surface area contributed by atoms with Gasteiger partial charge in [-0.15, -0.1) is 0 Å². The average molecular weight is 315 g/mol. The molecule has 7 heteroatoms. The van der Waals surface area contributed by atoms with E-state index in [0.29, 0.717) is 30.2 Å². The molecule has 0 amide bonds. The summed E-state index contributed by atoms with van der Waals surface area (Å²) >= 11 is 0. The molecule has 6 nitrogen and oxygen atoms in total. The Hall–Kier alpha value is -1.31. The summed E-state index contributed by atoms with van der Waals surface area (Å²) in [6.45, 7) is 2.74. The zero-order valence-electron chi connectivity index (χ0n) is 12.0. The highest BCUT2D eigenvalue weighted by Crippen LogP contribution is 2.24. The number of benzene rings is 1. The lowest BCUT2D eigenvalue weighted by atomic mass is 10.2. The summed E-state index contributed by atoms with van der Waals surface area (Å²) in [7, 11) is -3.47. The first-order valence-corrected chi connectivity index (χ1v) is 8.68. The molecule has 2 rings (SSSR count). The maximum absolute atomic E-state index is 12.1. The van der Waals surface area contributed by atoms with Crippen LogP contribution in [0, 0.1) is 0 Å². The highest BCUT2D eigenvalue weighted by Gasteiger charge is 2.23. The molecule has 0 spiro atoms. The van der Waals surface area contributed by atoms with Crippen LogP contribution in [0.25, 0.3) is 0 Å². The van der Waals surface area contributed by atoms with Crippen LogP contribution in [0.4, 0.5) is 5.69 Å². The minimum Gasteiger partial charge on any atom is -0.494 e. The van der Waals surface area contributed by atoms with Crippen molar-refractivity contribution in [3.05, 3.63) is 23.8 Å². The second kappa shape index (κ2) is 7.11.